The number of likely N-dealkylation sites (N-methyl/N-ethyl adjacent to an activating group) is 1. The van der Waals surface area contributed by atoms with Gasteiger partial charge in [-0.1, -0.05) is 38.1 Å². The molecule has 0 spiro atoms. The van der Waals surface area contributed by atoms with Gasteiger partial charge in [0.15, 0.2) is 0 Å². The highest BCUT2D eigenvalue weighted by molar-refractivity contribution is 5.27. The Hall–Kier alpha value is -0.860. The zero-order valence-electron chi connectivity index (χ0n) is 14.3. The van der Waals surface area contributed by atoms with Crippen LogP contribution in [0.15, 0.2) is 24.3 Å². The molecule has 0 amide bonds. The minimum absolute atomic E-state index is 0.259. The topological polar surface area (TPSA) is 15.3 Å². The van der Waals surface area contributed by atoms with Gasteiger partial charge in [0.05, 0.1) is 0 Å². The molecule has 21 heavy (non-hydrogen) atoms. The van der Waals surface area contributed by atoms with Gasteiger partial charge in [-0.05, 0) is 70.3 Å². The van der Waals surface area contributed by atoms with Crippen molar-refractivity contribution in [2.45, 2.75) is 65.0 Å². The highest BCUT2D eigenvalue weighted by Crippen LogP contribution is 2.30. The van der Waals surface area contributed by atoms with Gasteiger partial charge in [-0.25, -0.2) is 0 Å². The van der Waals surface area contributed by atoms with E-state index in [4.69, 9.17) is 0 Å². The van der Waals surface area contributed by atoms with E-state index in [1.807, 2.05) is 0 Å². The second-order valence-corrected chi connectivity index (χ2v) is 6.65. The van der Waals surface area contributed by atoms with Gasteiger partial charge in [-0.15, -0.1) is 0 Å². The minimum atomic E-state index is 0.259. The molecule has 2 atom stereocenters. The predicted octanol–water partition coefficient (Wildman–Crippen LogP) is 3.78. The fourth-order valence-corrected chi connectivity index (χ4v) is 3.74. The number of hydrogen-bond donors (Lipinski definition) is 1. The van der Waals surface area contributed by atoms with Crippen LogP contribution < -0.4 is 5.32 Å². The second kappa shape index (κ2) is 7.42. The highest BCUT2D eigenvalue weighted by atomic mass is 15.2. The van der Waals surface area contributed by atoms with E-state index in [-0.39, 0.29) is 5.54 Å². The van der Waals surface area contributed by atoms with E-state index in [1.165, 1.54) is 43.5 Å². The Morgan fingerprint density at radius 2 is 1.86 bits per heavy atom. The first kappa shape index (κ1) is 16.5. The molecule has 1 heterocycles. The SMILES string of the molecule is CCNC(Cc1ccccc1C)C(C)(CC)N1CCCC1. The van der Waals surface area contributed by atoms with Gasteiger partial charge in [0, 0.05) is 11.6 Å². The summed E-state index contributed by atoms with van der Waals surface area (Å²) >= 11 is 0. The molecule has 1 saturated heterocycles. The molecule has 2 heteroatoms. The Bertz CT molecular complexity index is 437. The van der Waals surface area contributed by atoms with Crippen LogP contribution in [0.1, 0.15) is 51.2 Å². The molecule has 1 aliphatic rings. The second-order valence-electron chi connectivity index (χ2n) is 6.65. The molecule has 118 valence electrons. The molecule has 1 aromatic carbocycles. The van der Waals surface area contributed by atoms with E-state index in [9.17, 15) is 0 Å². The summed E-state index contributed by atoms with van der Waals surface area (Å²) in [5.74, 6) is 0. The third-order valence-electron chi connectivity index (χ3n) is 5.43. The zero-order valence-corrected chi connectivity index (χ0v) is 14.3. The fraction of sp³-hybridized carbons (Fsp3) is 0.684. The summed E-state index contributed by atoms with van der Waals surface area (Å²) < 4.78 is 0. The summed E-state index contributed by atoms with van der Waals surface area (Å²) in [7, 11) is 0. The lowest BCUT2D eigenvalue weighted by Gasteiger charge is -2.45. The summed E-state index contributed by atoms with van der Waals surface area (Å²) in [6.07, 6.45) is 5.05. The van der Waals surface area contributed by atoms with E-state index in [1.54, 1.807) is 0 Å². The summed E-state index contributed by atoms with van der Waals surface area (Å²) in [4.78, 5) is 2.72. The van der Waals surface area contributed by atoms with Crippen molar-refractivity contribution >= 4 is 0 Å². The van der Waals surface area contributed by atoms with Crippen LogP contribution in [-0.4, -0.2) is 36.1 Å². The van der Waals surface area contributed by atoms with E-state index < -0.39 is 0 Å². The Kier molecular flexibility index (Phi) is 5.83. The van der Waals surface area contributed by atoms with E-state index in [0.717, 1.165) is 13.0 Å². The summed E-state index contributed by atoms with van der Waals surface area (Å²) in [5.41, 5.74) is 3.16. The van der Waals surface area contributed by atoms with Crippen molar-refractivity contribution in [2.24, 2.45) is 0 Å². The number of rotatable bonds is 7. The monoisotopic (exact) mass is 288 g/mol. The third kappa shape index (κ3) is 3.67. The summed E-state index contributed by atoms with van der Waals surface area (Å²) in [6.45, 7) is 12.8. The highest BCUT2D eigenvalue weighted by Gasteiger charge is 2.38. The van der Waals surface area contributed by atoms with Gasteiger partial charge in [-0.3, -0.25) is 4.90 Å². The first-order valence-electron chi connectivity index (χ1n) is 8.64. The van der Waals surface area contributed by atoms with Crippen molar-refractivity contribution in [3.8, 4) is 0 Å². The largest absolute Gasteiger partial charge is 0.312 e. The number of nitrogens with zero attached hydrogens (tertiary/aromatic N) is 1. The zero-order chi connectivity index (χ0) is 15.3. The Morgan fingerprint density at radius 3 is 2.43 bits per heavy atom. The van der Waals surface area contributed by atoms with Crippen molar-refractivity contribution in [1.82, 2.24) is 10.2 Å². The van der Waals surface area contributed by atoms with E-state index >= 15 is 0 Å². The Balaban J connectivity index is 2.21. The lowest BCUT2D eigenvalue weighted by Crippen LogP contribution is -2.59. The predicted molar refractivity (Wildman–Crippen MR) is 91.9 cm³/mol. The number of hydrogen-bond acceptors (Lipinski definition) is 2. The molecule has 2 nitrogen and oxygen atoms in total. The molecule has 0 aliphatic carbocycles. The molecule has 0 radical (unpaired) electrons. The van der Waals surface area contributed by atoms with E-state index in [2.05, 4.69) is 62.2 Å². The van der Waals surface area contributed by atoms with Crippen LogP contribution in [0.2, 0.25) is 0 Å². The standard InChI is InChI=1S/C19H32N2/c1-5-19(4,21-13-9-10-14-21)18(20-6-2)15-17-12-8-7-11-16(17)3/h7-8,11-12,18,20H,5-6,9-10,13-15H2,1-4H3. The van der Waals surface area contributed by atoms with Crippen molar-refractivity contribution < 1.29 is 0 Å². The number of benzene rings is 1. The average molecular weight is 288 g/mol. The number of aryl methyl sites for hydroxylation is 1. The average Bonchev–Trinajstić information content (AvgIpc) is 3.03. The van der Waals surface area contributed by atoms with Gasteiger partial charge in [-0.2, -0.15) is 0 Å². The van der Waals surface area contributed by atoms with Crippen LogP contribution in [0.5, 0.6) is 0 Å². The fourth-order valence-electron chi connectivity index (χ4n) is 3.74. The normalized spacial score (nSPS) is 20.4. The van der Waals surface area contributed by atoms with Crippen LogP contribution in [0.3, 0.4) is 0 Å². The molecule has 0 aromatic heterocycles. The number of nitrogens with one attached hydrogen (secondary N) is 1. The maximum absolute atomic E-state index is 3.79. The van der Waals surface area contributed by atoms with Crippen molar-refractivity contribution in [3.05, 3.63) is 35.4 Å². The quantitative estimate of drug-likeness (QED) is 0.821. The van der Waals surface area contributed by atoms with Gasteiger partial charge >= 0.3 is 0 Å². The van der Waals surface area contributed by atoms with Gasteiger partial charge in [0.1, 0.15) is 0 Å². The van der Waals surface area contributed by atoms with E-state index in [0.29, 0.717) is 6.04 Å². The third-order valence-corrected chi connectivity index (χ3v) is 5.43. The molecule has 1 aliphatic heterocycles. The first-order chi connectivity index (χ1) is 10.1. The summed E-state index contributed by atoms with van der Waals surface area (Å²) in [5, 5.41) is 3.79. The maximum atomic E-state index is 3.79. The van der Waals surface area contributed by atoms with Gasteiger partial charge in [0.2, 0.25) is 0 Å². The maximum Gasteiger partial charge on any atom is 0.0335 e. The molecule has 1 N–H and O–H groups in total. The van der Waals surface area contributed by atoms with Crippen LogP contribution >= 0.6 is 0 Å². The molecule has 0 saturated carbocycles. The molecule has 0 bridgehead atoms. The van der Waals surface area contributed by atoms with Gasteiger partial charge in [0.25, 0.3) is 0 Å². The van der Waals surface area contributed by atoms with Crippen molar-refractivity contribution in [1.29, 1.82) is 0 Å². The van der Waals surface area contributed by atoms with Crippen LogP contribution in [0.4, 0.5) is 0 Å². The van der Waals surface area contributed by atoms with Crippen molar-refractivity contribution in [3.63, 3.8) is 0 Å². The van der Waals surface area contributed by atoms with Crippen LogP contribution in [0, 0.1) is 6.92 Å². The molecule has 1 fully saturated rings. The van der Waals surface area contributed by atoms with Gasteiger partial charge < -0.3 is 5.32 Å². The molecule has 2 rings (SSSR count). The molecular formula is C19H32N2. The Morgan fingerprint density at radius 1 is 1.19 bits per heavy atom. The lowest BCUT2D eigenvalue weighted by atomic mass is 9.83. The van der Waals surface area contributed by atoms with Crippen LogP contribution in [-0.2, 0) is 6.42 Å². The summed E-state index contributed by atoms with van der Waals surface area (Å²) in [6, 6.07) is 9.36. The molecule has 2 unspecified atom stereocenters. The Labute approximate surface area is 130 Å². The van der Waals surface area contributed by atoms with Crippen LogP contribution in [0.25, 0.3) is 0 Å². The molecule has 1 aromatic rings. The number of likely N-dealkylation sites (tertiary alicyclic amines) is 1. The van der Waals surface area contributed by atoms with Crippen molar-refractivity contribution in [2.75, 3.05) is 19.6 Å². The minimum Gasteiger partial charge on any atom is -0.312 e. The smallest absolute Gasteiger partial charge is 0.0335 e. The first-order valence-corrected chi connectivity index (χ1v) is 8.64. The molecular weight excluding hydrogens is 256 g/mol. The lowest BCUT2D eigenvalue weighted by molar-refractivity contribution is 0.0846.